The maximum absolute atomic E-state index is 9.88. The number of anilines is 3. The Hall–Kier alpha value is -6.64. The van der Waals surface area contributed by atoms with Crippen molar-refractivity contribution in [2.45, 2.75) is 5.41 Å². The summed E-state index contributed by atoms with van der Waals surface area (Å²) < 4.78 is 229. The summed E-state index contributed by atoms with van der Waals surface area (Å²) in [6.45, 7) is 0. The van der Waals surface area contributed by atoms with E-state index in [9.17, 15) is 12.3 Å². The highest BCUT2D eigenvalue weighted by molar-refractivity contribution is 6.11. The zero-order chi connectivity index (χ0) is 55.3. The van der Waals surface area contributed by atoms with Gasteiger partial charge in [0.1, 0.15) is 0 Å². The Bertz CT molecular complexity index is 4060. The fourth-order valence-electron chi connectivity index (χ4n) is 7.60. The van der Waals surface area contributed by atoms with E-state index in [1.807, 2.05) is 0 Å². The molecule has 0 saturated carbocycles. The van der Waals surface area contributed by atoms with Gasteiger partial charge < -0.3 is 9.47 Å². The molecule has 238 valence electrons. The summed E-state index contributed by atoms with van der Waals surface area (Å²) in [5.74, 6) is 0. The van der Waals surface area contributed by atoms with E-state index in [1.165, 1.54) is 22.8 Å². The number of aromatic nitrogens is 1. The lowest BCUT2D eigenvalue weighted by Gasteiger charge is -2.30. The van der Waals surface area contributed by atoms with Gasteiger partial charge >= 0.3 is 0 Å². The summed E-state index contributed by atoms with van der Waals surface area (Å²) in [5, 5.41) is 0.747. The van der Waals surface area contributed by atoms with Gasteiger partial charge in [0, 0.05) is 33.4 Å². The number of hydrogen-bond acceptors (Lipinski definition) is 1. The van der Waals surface area contributed by atoms with Gasteiger partial charge in [-0.3, -0.25) is 0 Å². The van der Waals surface area contributed by atoms with Crippen LogP contribution in [-0.4, -0.2) is 4.57 Å². The van der Waals surface area contributed by atoms with E-state index in [-0.39, 0.29) is 28.0 Å². The minimum atomic E-state index is -2.66. The molecule has 2 aliphatic rings. The maximum Gasteiger partial charge on any atom is 0.0726 e. The van der Waals surface area contributed by atoms with Gasteiger partial charge in [-0.15, -0.1) is 0 Å². The highest BCUT2D eigenvalue weighted by atomic mass is 15.1. The van der Waals surface area contributed by atoms with E-state index in [0.29, 0.717) is 10.8 Å². The molecule has 11 rings (SSSR count). The van der Waals surface area contributed by atoms with Crippen LogP contribution in [0.4, 0.5) is 17.1 Å². The molecule has 2 aliphatic carbocycles. The normalized spacial score (nSPS) is 20.1. The third kappa shape index (κ3) is 3.76. The van der Waals surface area contributed by atoms with Gasteiger partial charge in [-0.25, -0.2) is 0 Å². The molecule has 0 atom stereocenters. The molecule has 51 heavy (non-hydrogen) atoms. The van der Waals surface area contributed by atoms with Gasteiger partial charge in [-0.2, -0.15) is 0 Å². The molecule has 9 aromatic rings. The van der Waals surface area contributed by atoms with Crippen LogP contribution in [0, 0.1) is 0 Å². The molecule has 0 fully saturated rings. The number of nitrogens with zero attached hydrogens (tertiary/aromatic N) is 2. The van der Waals surface area contributed by atoms with Crippen LogP contribution in [0.1, 0.15) is 56.5 Å². The van der Waals surface area contributed by atoms with Crippen molar-refractivity contribution < 1.29 is 34.3 Å². The van der Waals surface area contributed by atoms with Gasteiger partial charge in [0.25, 0.3) is 0 Å². The molecule has 0 N–H and O–H groups in total. The Morgan fingerprint density at radius 1 is 0.431 bits per heavy atom. The van der Waals surface area contributed by atoms with Gasteiger partial charge in [-0.05, 0) is 87.4 Å². The number of para-hydroxylation sites is 3. The molecule has 8 aromatic carbocycles. The van der Waals surface area contributed by atoms with Crippen LogP contribution in [0.15, 0.2) is 194 Å². The van der Waals surface area contributed by atoms with E-state index >= 15 is 0 Å². The highest BCUT2D eigenvalue weighted by Crippen LogP contribution is 2.63. The standard InChI is InChI=1S/C49H32N2/c1-3-16-33(17-4-1)50(34-18-5-2-6-19-34)35-30-31-39-38-22-10-14-28-45(38)51(47(39)32-35)46-29-15-27-44-48(46)40-23-9-13-26-43(40)49(44)41-24-11-7-20-36(41)37-21-8-12-25-42(37)49/h1-32H/i1D,2D,3D,4D,5D,6D,7D,8D,9D,11D,12D,13D,15D,16D,17D,18D,19D,20D,21D,23D,24D,25D,26D,27D,29D. The number of fused-ring (bicyclic) bond motifs is 13. The molecule has 0 saturated heterocycles. The van der Waals surface area contributed by atoms with Crippen molar-refractivity contribution in [1.82, 2.24) is 4.57 Å². The predicted octanol–water partition coefficient (Wildman–Crippen LogP) is 12.6. The van der Waals surface area contributed by atoms with E-state index in [0.717, 1.165) is 4.90 Å². The molecule has 2 heteroatoms. The monoisotopic (exact) mass is 673 g/mol. The molecule has 0 bridgehead atoms. The summed E-state index contributed by atoms with van der Waals surface area (Å²) >= 11 is 0. The first-order chi connectivity index (χ1) is 35.7. The lowest BCUT2D eigenvalue weighted by atomic mass is 9.70. The fraction of sp³-hybridized carbons (Fsp3) is 0.0204. The van der Waals surface area contributed by atoms with Gasteiger partial charge in [0.05, 0.1) is 56.4 Å². The molecular formula is C49H32N2. The van der Waals surface area contributed by atoms with Crippen molar-refractivity contribution in [1.29, 1.82) is 0 Å². The Morgan fingerprint density at radius 3 is 1.63 bits per heavy atom. The first-order valence-corrected chi connectivity index (χ1v) is 15.7. The summed E-state index contributed by atoms with van der Waals surface area (Å²) in [6, 6.07) is -9.91. The number of hydrogen-bond donors (Lipinski definition) is 0. The first-order valence-electron chi connectivity index (χ1n) is 28.2. The molecule has 1 heterocycles. The van der Waals surface area contributed by atoms with Crippen LogP contribution in [-0.2, 0) is 5.41 Å². The summed E-state index contributed by atoms with van der Waals surface area (Å²) in [7, 11) is 0. The molecule has 1 aromatic heterocycles. The van der Waals surface area contributed by atoms with Crippen molar-refractivity contribution >= 4 is 38.9 Å². The molecule has 1 spiro atoms. The average Bonchev–Trinajstić information content (AvgIpc) is 4.02. The minimum absolute atomic E-state index is 0.0238. The first kappa shape index (κ1) is 13.2. The number of benzene rings is 8. The Balaban J connectivity index is 1.39. The lowest BCUT2D eigenvalue weighted by molar-refractivity contribution is 0.793. The van der Waals surface area contributed by atoms with Crippen molar-refractivity contribution in [3.8, 4) is 27.9 Å². The maximum atomic E-state index is 9.88. The Labute approximate surface area is 332 Å². The molecule has 0 radical (unpaired) electrons. The van der Waals surface area contributed by atoms with E-state index in [2.05, 4.69) is 0 Å². The second-order valence-corrected chi connectivity index (χ2v) is 11.8. The van der Waals surface area contributed by atoms with Crippen molar-refractivity contribution in [3.63, 3.8) is 0 Å². The third-order valence-corrected chi connectivity index (χ3v) is 9.48. The van der Waals surface area contributed by atoms with E-state index < -0.39 is 207 Å². The SMILES string of the molecule is [2H]c1c([2H])c([2H])c(N(c2ccc3c4ccccc4n(-c4c([2H])c([2H])c([2H])c5c4-c4c([2H])c([2H])c([2H])c([2H])c4C54c5c([2H])c([2H])c([2H])c([2H])c5-c5c([2H])c([2H])c([2H])c([2H])c54)c3c2)c2c([2H])c([2H])c([2H])c([2H])c2[2H])c([2H])c1[2H]. The minimum Gasteiger partial charge on any atom is -0.310 e. The van der Waals surface area contributed by atoms with E-state index in [4.69, 9.17) is 21.9 Å². The van der Waals surface area contributed by atoms with Crippen LogP contribution in [0.3, 0.4) is 0 Å². The Kier molecular flexibility index (Phi) is 2.77. The van der Waals surface area contributed by atoms with Crippen molar-refractivity contribution in [3.05, 3.63) is 216 Å². The summed E-state index contributed by atoms with van der Waals surface area (Å²) in [6.07, 6.45) is 0. The summed E-state index contributed by atoms with van der Waals surface area (Å²) in [5.41, 5.74) is -7.97. The zero-order valence-electron chi connectivity index (χ0n) is 50.9. The fourth-order valence-corrected chi connectivity index (χ4v) is 7.60. The summed E-state index contributed by atoms with van der Waals surface area (Å²) in [4.78, 5) is 0.907. The highest BCUT2D eigenvalue weighted by Gasteiger charge is 2.52. The average molecular weight is 674 g/mol. The van der Waals surface area contributed by atoms with Crippen LogP contribution in [0.2, 0.25) is 0 Å². The second kappa shape index (κ2) is 10.7. The predicted molar refractivity (Wildman–Crippen MR) is 212 cm³/mol. The van der Waals surface area contributed by atoms with Crippen LogP contribution in [0.5, 0.6) is 0 Å². The van der Waals surface area contributed by atoms with Crippen molar-refractivity contribution in [2.24, 2.45) is 0 Å². The topological polar surface area (TPSA) is 8.17 Å². The molecule has 0 aliphatic heterocycles. The van der Waals surface area contributed by atoms with Gasteiger partial charge in [0.15, 0.2) is 0 Å². The second-order valence-electron chi connectivity index (χ2n) is 11.8. The van der Waals surface area contributed by atoms with Crippen LogP contribution in [0.25, 0.3) is 49.7 Å². The zero-order valence-corrected chi connectivity index (χ0v) is 25.9. The number of rotatable bonds is 4. The van der Waals surface area contributed by atoms with Crippen LogP contribution >= 0.6 is 0 Å². The lowest BCUT2D eigenvalue weighted by Crippen LogP contribution is -2.25. The van der Waals surface area contributed by atoms with E-state index in [1.54, 1.807) is 24.3 Å². The largest absolute Gasteiger partial charge is 0.310 e. The smallest absolute Gasteiger partial charge is 0.0726 e. The van der Waals surface area contributed by atoms with Crippen LogP contribution < -0.4 is 4.90 Å². The molecule has 2 nitrogen and oxygen atoms in total. The van der Waals surface area contributed by atoms with Gasteiger partial charge in [-0.1, -0.05) is 145 Å². The molecular weight excluding hydrogens is 617 g/mol. The quantitative estimate of drug-likeness (QED) is 0.180. The van der Waals surface area contributed by atoms with Gasteiger partial charge in [0.2, 0.25) is 0 Å². The Morgan fingerprint density at radius 2 is 0.961 bits per heavy atom. The third-order valence-electron chi connectivity index (χ3n) is 9.48. The molecule has 0 amide bonds. The van der Waals surface area contributed by atoms with Crippen molar-refractivity contribution in [2.75, 3.05) is 4.90 Å². The molecule has 0 unspecified atom stereocenters.